The molecule has 0 rings (SSSR count). The van der Waals surface area contributed by atoms with Crippen LogP contribution >= 0.6 is 0 Å². The van der Waals surface area contributed by atoms with E-state index in [-0.39, 0.29) is 12.3 Å². The topological polar surface area (TPSA) is 104 Å². The molecular weight excluding hydrogens is 138 g/mol. The molecule has 5 N–H and O–H groups in total. The van der Waals surface area contributed by atoms with Crippen LogP contribution in [0.4, 0.5) is 0 Å². The molecule has 0 bridgehead atoms. The van der Waals surface area contributed by atoms with E-state index in [1.807, 2.05) is 5.43 Å². The Balaban J connectivity index is 0. The molecule has 0 unspecified atom stereocenters. The number of hydrogen-bond donors (Lipinski definition) is 4. The van der Waals surface area contributed by atoms with Crippen molar-refractivity contribution >= 4 is 12.3 Å². The van der Waals surface area contributed by atoms with Crippen LogP contribution in [-0.4, -0.2) is 17.5 Å². The third kappa shape index (κ3) is 15.8. The summed E-state index contributed by atoms with van der Waals surface area (Å²) >= 11 is 0. The summed E-state index contributed by atoms with van der Waals surface area (Å²) in [5.74, 6) is 4.55. The van der Waals surface area contributed by atoms with Gasteiger partial charge >= 0.3 is 0 Å². The lowest BCUT2D eigenvalue weighted by Crippen LogP contribution is -2.28. The van der Waals surface area contributed by atoms with Gasteiger partial charge in [-0.3, -0.25) is 20.2 Å². The van der Waals surface area contributed by atoms with E-state index >= 15 is 0 Å². The monoisotopic (exact) mass is 149 g/mol. The highest BCUT2D eigenvalue weighted by molar-refractivity contribution is 5.74. The van der Waals surface area contributed by atoms with E-state index in [9.17, 15) is 4.79 Å². The van der Waals surface area contributed by atoms with Gasteiger partial charge in [0.2, 0.25) is 12.3 Å². The highest BCUT2D eigenvalue weighted by Gasteiger charge is 1.85. The van der Waals surface area contributed by atoms with E-state index < -0.39 is 0 Å². The average Bonchev–Trinajstić information content (AvgIpc) is 2.03. The molecule has 0 atom stereocenters. The number of carbonyl (C=O) groups excluding carboxylic acids is 2. The Labute approximate surface area is 58.3 Å². The van der Waals surface area contributed by atoms with Crippen molar-refractivity contribution in [1.29, 1.82) is 0 Å². The molecule has 0 aliphatic carbocycles. The maximum Gasteiger partial charge on any atom is 0.233 e. The van der Waals surface area contributed by atoms with Crippen molar-refractivity contribution in [2.24, 2.45) is 5.84 Å². The minimum absolute atomic E-state index is 0.130. The lowest BCUT2D eigenvalue weighted by atomic mass is 10.5. The minimum Gasteiger partial charge on any atom is -0.294 e. The summed E-state index contributed by atoms with van der Waals surface area (Å²) in [6, 6.07) is 0. The molecule has 0 saturated heterocycles. The standard InChI is InChI=1S/C3H8N2O.CH3NO2/c1-2-3(6)5-4;3-1-2-4/h2,4H2,1H3,(H,5,6);1,4H,(H,2,3). The van der Waals surface area contributed by atoms with Crippen molar-refractivity contribution < 1.29 is 14.8 Å². The zero-order valence-corrected chi connectivity index (χ0v) is 5.63. The van der Waals surface area contributed by atoms with Gasteiger partial charge in [0.15, 0.2) is 0 Å². The van der Waals surface area contributed by atoms with Gasteiger partial charge < -0.3 is 0 Å². The van der Waals surface area contributed by atoms with Gasteiger partial charge in [-0.05, 0) is 0 Å². The number of nitrogens with two attached hydrogens (primary N) is 1. The average molecular weight is 149 g/mol. The highest BCUT2D eigenvalue weighted by atomic mass is 16.5. The van der Waals surface area contributed by atoms with Crippen molar-refractivity contribution in [2.75, 3.05) is 0 Å². The van der Waals surface area contributed by atoms with Gasteiger partial charge in [-0.1, -0.05) is 6.92 Å². The summed E-state index contributed by atoms with van der Waals surface area (Å²) < 4.78 is 0. The molecule has 60 valence electrons. The first-order valence-corrected chi connectivity index (χ1v) is 2.55. The molecule has 0 heterocycles. The van der Waals surface area contributed by atoms with E-state index in [1.165, 1.54) is 5.48 Å². The summed E-state index contributed by atoms with van der Waals surface area (Å²) in [6.45, 7) is 1.74. The minimum atomic E-state index is -0.130. The smallest absolute Gasteiger partial charge is 0.233 e. The highest BCUT2D eigenvalue weighted by Crippen LogP contribution is 1.66. The molecule has 10 heavy (non-hydrogen) atoms. The van der Waals surface area contributed by atoms with Crippen LogP contribution in [0.1, 0.15) is 13.3 Å². The van der Waals surface area contributed by atoms with Gasteiger partial charge in [0.25, 0.3) is 0 Å². The van der Waals surface area contributed by atoms with Crippen LogP contribution in [0.5, 0.6) is 0 Å². The molecule has 6 heteroatoms. The van der Waals surface area contributed by atoms with Gasteiger partial charge in [-0.25, -0.2) is 11.3 Å². The van der Waals surface area contributed by atoms with E-state index in [2.05, 4.69) is 5.84 Å². The fourth-order valence-corrected chi connectivity index (χ4v) is 0.102. The molecule has 0 radical (unpaired) electrons. The van der Waals surface area contributed by atoms with Crippen molar-refractivity contribution in [3.8, 4) is 0 Å². The first-order chi connectivity index (χ1) is 4.72. The molecule has 0 aliphatic rings. The van der Waals surface area contributed by atoms with Gasteiger partial charge in [0.05, 0.1) is 0 Å². The first kappa shape index (κ1) is 11.6. The number of nitrogens with one attached hydrogen (secondary N) is 2. The second kappa shape index (κ2) is 10.8. The number of hydrogen-bond acceptors (Lipinski definition) is 4. The predicted octanol–water partition coefficient (Wildman–Crippen LogP) is -1.49. The molecule has 2 amide bonds. The molecular formula is C4H11N3O3. The predicted molar refractivity (Wildman–Crippen MR) is 33.6 cm³/mol. The van der Waals surface area contributed by atoms with E-state index in [1.54, 1.807) is 6.92 Å². The Hall–Kier alpha value is -1.14. The van der Waals surface area contributed by atoms with Crippen molar-refractivity contribution in [3.63, 3.8) is 0 Å². The van der Waals surface area contributed by atoms with Gasteiger partial charge in [0, 0.05) is 6.42 Å². The Morgan fingerprint density at radius 2 is 2.20 bits per heavy atom. The molecule has 0 aliphatic heterocycles. The Bertz CT molecular complexity index is 89.7. The summed E-state index contributed by atoms with van der Waals surface area (Å²) in [4.78, 5) is 18.8. The number of rotatable bonds is 2. The van der Waals surface area contributed by atoms with E-state index in [0.717, 1.165) is 0 Å². The van der Waals surface area contributed by atoms with Crippen LogP contribution in [0.25, 0.3) is 0 Å². The summed E-state index contributed by atoms with van der Waals surface area (Å²) in [7, 11) is 0. The Kier molecular flexibility index (Phi) is 12.5. The van der Waals surface area contributed by atoms with Crippen molar-refractivity contribution in [3.05, 3.63) is 0 Å². The van der Waals surface area contributed by atoms with Crippen LogP contribution in [0.3, 0.4) is 0 Å². The van der Waals surface area contributed by atoms with Crippen molar-refractivity contribution in [1.82, 2.24) is 10.9 Å². The van der Waals surface area contributed by atoms with Crippen molar-refractivity contribution in [2.45, 2.75) is 13.3 Å². The van der Waals surface area contributed by atoms with Gasteiger partial charge in [-0.15, -0.1) is 0 Å². The first-order valence-electron chi connectivity index (χ1n) is 2.55. The maximum absolute atomic E-state index is 9.94. The number of carbonyl (C=O) groups is 2. The maximum atomic E-state index is 9.94. The fourth-order valence-electron chi connectivity index (χ4n) is 0.102. The Morgan fingerprint density at radius 1 is 1.80 bits per heavy atom. The summed E-state index contributed by atoms with van der Waals surface area (Å²) in [6.07, 6.45) is 0.635. The van der Waals surface area contributed by atoms with Crippen LogP contribution in [0, 0.1) is 0 Å². The molecule has 0 aromatic rings. The lowest BCUT2D eigenvalue weighted by molar-refractivity contribution is -0.120. The zero-order chi connectivity index (χ0) is 8.41. The normalized spacial score (nSPS) is 6.70. The Morgan fingerprint density at radius 3 is 2.20 bits per heavy atom. The third-order valence-electron chi connectivity index (χ3n) is 0.535. The quantitative estimate of drug-likeness (QED) is 0.126. The second-order valence-corrected chi connectivity index (χ2v) is 1.17. The van der Waals surface area contributed by atoms with E-state index in [0.29, 0.717) is 6.42 Å². The van der Waals surface area contributed by atoms with Crippen LogP contribution in [-0.2, 0) is 9.59 Å². The number of amides is 2. The van der Waals surface area contributed by atoms with Gasteiger partial charge in [0.1, 0.15) is 0 Å². The third-order valence-corrected chi connectivity index (χ3v) is 0.535. The molecule has 0 aromatic heterocycles. The van der Waals surface area contributed by atoms with Crippen LogP contribution in [0.2, 0.25) is 0 Å². The summed E-state index contributed by atoms with van der Waals surface area (Å²) in [5.41, 5.74) is 3.23. The zero-order valence-electron chi connectivity index (χ0n) is 5.63. The SMILES string of the molecule is CCC(=O)NN.O=CNO. The van der Waals surface area contributed by atoms with Crippen LogP contribution < -0.4 is 16.7 Å². The largest absolute Gasteiger partial charge is 0.294 e. The molecule has 0 aromatic carbocycles. The van der Waals surface area contributed by atoms with Gasteiger partial charge in [-0.2, -0.15) is 0 Å². The second-order valence-electron chi connectivity index (χ2n) is 1.17. The van der Waals surface area contributed by atoms with E-state index in [4.69, 9.17) is 10.0 Å². The molecule has 0 fully saturated rings. The number of hydrazine groups is 1. The number of hydroxylamine groups is 1. The molecule has 6 nitrogen and oxygen atoms in total. The fraction of sp³-hybridized carbons (Fsp3) is 0.500. The summed E-state index contributed by atoms with van der Waals surface area (Å²) in [5, 5.41) is 7.26. The molecule has 0 saturated carbocycles. The molecule has 0 spiro atoms. The van der Waals surface area contributed by atoms with Crippen LogP contribution in [0.15, 0.2) is 0 Å². The lowest BCUT2D eigenvalue weighted by Gasteiger charge is -1.87.